The monoisotopic (exact) mass is 584 g/mol. The van der Waals surface area contributed by atoms with Crippen LogP contribution >= 0.6 is 0 Å². The van der Waals surface area contributed by atoms with E-state index in [0.717, 1.165) is 28.4 Å². The molecule has 43 heavy (non-hydrogen) atoms. The minimum absolute atomic E-state index is 0.110. The number of hydrogen-bond acceptors (Lipinski definition) is 5. The van der Waals surface area contributed by atoms with Gasteiger partial charge < -0.3 is 9.50 Å². The van der Waals surface area contributed by atoms with Crippen molar-refractivity contribution >= 4 is 38.5 Å². The highest BCUT2D eigenvalue weighted by atomic mass is 32.2. The number of nitrogens with one attached hydrogen (secondary N) is 1. The summed E-state index contributed by atoms with van der Waals surface area (Å²) in [4.78, 5) is 4.88. The zero-order valence-electron chi connectivity index (χ0n) is 24.1. The predicted molar refractivity (Wildman–Crippen MR) is 174 cm³/mol. The van der Waals surface area contributed by atoms with Crippen molar-refractivity contribution in [2.75, 3.05) is 5.32 Å². The summed E-state index contributed by atoms with van der Waals surface area (Å²) in [5.41, 5.74) is 7.45. The van der Waals surface area contributed by atoms with Crippen LogP contribution in [0.2, 0.25) is 0 Å². The second-order valence-electron chi connectivity index (χ2n) is 11.5. The van der Waals surface area contributed by atoms with Crippen molar-refractivity contribution in [3.8, 4) is 5.75 Å². The van der Waals surface area contributed by atoms with E-state index in [4.69, 9.17) is 9.18 Å². The van der Waals surface area contributed by atoms with Crippen molar-refractivity contribution in [2.45, 2.75) is 37.1 Å². The number of aryl methyl sites for hydroxylation is 2. The van der Waals surface area contributed by atoms with Gasteiger partial charge in [0.15, 0.2) is 5.75 Å². The van der Waals surface area contributed by atoms with Crippen LogP contribution in [0.15, 0.2) is 125 Å². The quantitative estimate of drug-likeness (QED) is 0.123. The van der Waals surface area contributed by atoms with Crippen molar-refractivity contribution < 1.29 is 12.6 Å². The van der Waals surface area contributed by atoms with Gasteiger partial charge in [-0.25, -0.2) is 0 Å². The van der Waals surface area contributed by atoms with Gasteiger partial charge >= 0.3 is 10.1 Å². The van der Waals surface area contributed by atoms with E-state index in [-0.39, 0.29) is 16.7 Å². The number of allylic oxidation sites excluding steroid dienone is 2. The molecule has 0 amide bonds. The first-order valence-electron chi connectivity index (χ1n) is 14.6. The molecule has 1 aliphatic heterocycles. The average Bonchev–Trinajstić information content (AvgIpc) is 3.51. The zero-order valence-corrected chi connectivity index (χ0v) is 24.9. The standard InChI is InChI=1S/C37H32N2O3S/c1-24-10-18-29(19-11-24)43(40,41)42-36-21-15-26-6-3-4-7-30(26)34(36)23-38-28-16-13-27(14-17-28)37-32-9-5-8-31(32)33-22-25(2)12-20-35(33)39-37/h3-8,10-23,31-32,37,39H,9H2,1-2H3/t31-,32+,37+/m1/s1. The van der Waals surface area contributed by atoms with E-state index in [1.807, 2.05) is 49.4 Å². The molecule has 1 heterocycles. The van der Waals surface area contributed by atoms with Gasteiger partial charge in [-0.3, -0.25) is 4.99 Å². The molecule has 1 aliphatic carbocycles. The minimum atomic E-state index is -4.03. The molecule has 0 saturated carbocycles. The number of fused-ring (bicyclic) bond motifs is 4. The smallest absolute Gasteiger partial charge is 0.339 e. The Kier molecular flexibility index (Phi) is 6.86. The van der Waals surface area contributed by atoms with Crippen LogP contribution in [0.1, 0.15) is 46.2 Å². The van der Waals surface area contributed by atoms with Crippen molar-refractivity contribution in [1.29, 1.82) is 0 Å². The summed E-state index contributed by atoms with van der Waals surface area (Å²) in [5.74, 6) is 1.12. The summed E-state index contributed by atoms with van der Waals surface area (Å²) < 4.78 is 32.0. The number of hydrogen-bond donors (Lipinski definition) is 1. The molecule has 0 aromatic heterocycles. The van der Waals surface area contributed by atoms with Crippen molar-refractivity contribution in [2.24, 2.45) is 10.9 Å². The summed E-state index contributed by atoms with van der Waals surface area (Å²) in [6, 6.07) is 33.2. The molecule has 0 saturated heterocycles. The van der Waals surface area contributed by atoms with Crippen LogP contribution < -0.4 is 9.50 Å². The van der Waals surface area contributed by atoms with Gasteiger partial charge in [-0.2, -0.15) is 8.42 Å². The van der Waals surface area contributed by atoms with Crippen LogP contribution in [0.5, 0.6) is 5.75 Å². The van der Waals surface area contributed by atoms with E-state index in [9.17, 15) is 8.42 Å². The molecule has 0 spiro atoms. The lowest BCUT2D eigenvalue weighted by Crippen LogP contribution is -2.29. The third-order valence-corrected chi connectivity index (χ3v) is 9.80. The highest BCUT2D eigenvalue weighted by Gasteiger charge is 2.37. The SMILES string of the molecule is Cc1ccc(S(=O)(=O)Oc2ccc3ccccc3c2C=Nc2ccc([C@@H]3Nc4ccc(C)cc4[C@@H]4C=CC[C@@H]43)cc2)cc1. The number of rotatable bonds is 6. The van der Waals surface area contributed by atoms with E-state index >= 15 is 0 Å². The summed E-state index contributed by atoms with van der Waals surface area (Å²) in [6.07, 6.45) is 7.41. The summed E-state index contributed by atoms with van der Waals surface area (Å²) in [5, 5.41) is 5.63. The lowest BCUT2D eigenvalue weighted by atomic mass is 9.76. The number of benzene rings is 5. The molecule has 5 aromatic carbocycles. The Labute approximate surface area is 252 Å². The fourth-order valence-corrected chi connectivity index (χ4v) is 7.25. The van der Waals surface area contributed by atoms with Crippen LogP contribution in [-0.2, 0) is 10.1 Å². The molecule has 0 fully saturated rings. The van der Waals surface area contributed by atoms with E-state index in [0.29, 0.717) is 17.4 Å². The summed E-state index contributed by atoms with van der Waals surface area (Å²) in [7, 11) is -4.03. The van der Waals surface area contributed by atoms with Crippen molar-refractivity contribution in [3.05, 3.63) is 143 Å². The van der Waals surface area contributed by atoms with Crippen LogP contribution in [0.3, 0.4) is 0 Å². The van der Waals surface area contributed by atoms with Gasteiger partial charge in [0.05, 0.1) is 11.7 Å². The lowest BCUT2D eigenvalue weighted by Gasteiger charge is -2.37. The van der Waals surface area contributed by atoms with E-state index in [1.165, 1.54) is 22.4 Å². The van der Waals surface area contributed by atoms with Crippen LogP contribution in [0, 0.1) is 19.8 Å². The first kappa shape index (κ1) is 27.2. The third-order valence-electron chi connectivity index (χ3n) is 8.55. The molecule has 2 aliphatic rings. The molecule has 0 radical (unpaired) electrons. The predicted octanol–water partition coefficient (Wildman–Crippen LogP) is 8.80. The molecule has 6 heteroatoms. The van der Waals surface area contributed by atoms with Gasteiger partial charge in [0, 0.05) is 23.4 Å². The molecule has 5 nitrogen and oxygen atoms in total. The third kappa shape index (κ3) is 5.23. The van der Waals surface area contributed by atoms with Gasteiger partial charge in [-0.1, -0.05) is 90.0 Å². The van der Waals surface area contributed by atoms with Crippen LogP contribution in [0.4, 0.5) is 11.4 Å². The number of anilines is 1. The normalized spacial score (nSPS) is 19.3. The molecule has 3 atom stereocenters. The first-order valence-corrected chi connectivity index (χ1v) is 16.0. The van der Waals surface area contributed by atoms with Crippen LogP contribution in [0.25, 0.3) is 10.8 Å². The Balaban J connectivity index is 1.18. The molecule has 1 N–H and O–H groups in total. The van der Waals surface area contributed by atoms with E-state index < -0.39 is 10.1 Å². The Morgan fingerprint density at radius 1 is 0.860 bits per heavy atom. The molecule has 0 bridgehead atoms. The fraction of sp³-hybridized carbons (Fsp3) is 0.162. The van der Waals surface area contributed by atoms with Crippen LogP contribution in [-0.4, -0.2) is 14.6 Å². The van der Waals surface area contributed by atoms with Crippen molar-refractivity contribution in [1.82, 2.24) is 0 Å². The molecule has 214 valence electrons. The minimum Gasteiger partial charge on any atom is -0.378 e. The topological polar surface area (TPSA) is 67.8 Å². The molecule has 7 rings (SSSR count). The number of nitrogens with zero attached hydrogens (tertiary/aromatic N) is 1. The van der Waals surface area contributed by atoms with Crippen molar-refractivity contribution in [3.63, 3.8) is 0 Å². The Bertz CT molecular complexity index is 2000. The maximum Gasteiger partial charge on any atom is 0.339 e. The maximum absolute atomic E-state index is 13.2. The summed E-state index contributed by atoms with van der Waals surface area (Å²) >= 11 is 0. The first-order chi connectivity index (χ1) is 20.9. The zero-order chi connectivity index (χ0) is 29.6. The fourth-order valence-electron chi connectivity index (χ4n) is 6.30. The van der Waals surface area contributed by atoms with Gasteiger partial charge in [-0.15, -0.1) is 0 Å². The highest BCUT2D eigenvalue weighted by Crippen LogP contribution is 2.50. The second-order valence-corrected chi connectivity index (χ2v) is 13.0. The molecular weight excluding hydrogens is 552 g/mol. The molecular formula is C37H32N2O3S. The highest BCUT2D eigenvalue weighted by molar-refractivity contribution is 7.87. The van der Waals surface area contributed by atoms with Gasteiger partial charge in [0.1, 0.15) is 4.90 Å². The van der Waals surface area contributed by atoms with E-state index in [2.05, 4.69) is 54.7 Å². The van der Waals surface area contributed by atoms with Gasteiger partial charge in [-0.05, 0) is 84.5 Å². The largest absolute Gasteiger partial charge is 0.378 e. The Morgan fingerprint density at radius 2 is 1.63 bits per heavy atom. The average molecular weight is 585 g/mol. The molecule has 5 aromatic rings. The van der Waals surface area contributed by atoms with Gasteiger partial charge in [0.2, 0.25) is 0 Å². The summed E-state index contributed by atoms with van der Waals surface area (Å²) in [6.45, 7) is 4.06. The van der Waals surface area contributed by atoms with E-state index in [1.54, 1.807) is 36.5 Å². The Morgan fingerprint density at radius 3 is 2.44 bits per heavy atom. The second kappa shape index (κ2) is 10.9. The number of aliphatic imine (C=N–C) groups is 1. The van der Waals surface area contributed by atoms with Gasteiger partial charge in [0.25, 0.3) is 0 Å². The maximum atomic E-state index is 13.2. The molecule has 0 unspecified atom stereocenters. The Hall–Kier alpha value is -4.68. The lowest BCUT2D eigenvalue weighted by molar-refractivity contribution is 0.425.